The van der Waals surface area contributed by atoms with Gasteiger partial charge in [-0.25, -0.2) is 9.97 Å². The van der Waals surface area contributed by atoms with Crippen molar-refractivity contribution in [2.24, 2.45) is 5.92 Å². The van der Waals surface area contributed by atoms with Crippen molar-refractivity contribution in [3.05, 3.63) is 46.8 Å². The van der Waals surface area contributed by atoms with Crippen LogP contribution in [-0.2, 0) is 9.53 Å². The van der Waals surface area contributed by atoms with Gasteiger partial charge in [0.15, 0.2) is 5.65 Å². The van der Waals surface area contributed by atoms with Crippen molar-refractivity contribution in [2.45, 2.75) is 61.8 Å². The second-order valence-corrected chi connectivity index (χ2v) is 11.1. The standard InChI is InChI=1S/C24H28Cl2N4O2S/c1-24(2,3)32-20(31)8-7-16-9-12-29(13-10-16)23-28-15-19(22-27-11-14-30(22)23)33-18-6-4-5-17(25)21(18)26/h4-6,11,14-16H,7-10,12-13H2,1-3H3. The maximum atomic E-state index is 12.0. The van der Waals surface area contributed by atoms with E-state index in [1.165, 1.54) is 11.8 Å². The zero-order valence-electron chi connectivity index (χ0n) is 19.1. The van der Waals surface area contributed by atoms with Crippen LogP contribution in [0.1, 0.15) is 46.5 Å². The molecule has 0 unspecified atom stereocenters. The molecule has 1 aliphatic rings. The van der Waals surface area contributed by atoms with Crippen LogP contribution < -0.4 is 4.90 Å². The smallest absolute Gasteiger partial charge is 0.306 e. The highest BCUT2D eigenvalue weighted by atomic mass is 35.5. The molecule has 176 valence electrons. The predicted octanol–water partition coefficient (Wildman–Crippen LogP) is 6.53. The fraction of sp³-hybridized carbons (Fsp3) is 0.458. The number of halogens is 2. The highest BCUT2D eigenvalue weighted by Crippen LogP contribution is 2.39. The first-order valence-corrected chi connectivity index (χ1v) is 12.7. The molecule has 0 saturated carbocycles. The van der Waals surface area contributed by atoms with Gasteiger partial charge in [-0.05, 0) is 58.1 Å². The van der Waals surface area contributed by atoms with Crippen molar-refractivity contribution in [3.63, 3.8) is 0 Å². The lowest BCUT2D eigenvalue weighted by atomic mass is 9.92. The fourth-order valence-corrected chi connectivity index (χ4v) is 5.41. The number of rotatable bonds is 6. The Labute approximate surface area is 208 Å². The van der Waals surface area contributed by atoms with E-state index in [4.69, 9.17) is 32.9 Å². The Morgan fingerprint density at radius 2 is 1.94 bits per heavy atom. The third-order valence-corrected chi connectivity index (χ3v) is 7.58. The summed E-state index contributed by atoms with van der Waals surface area (Å²) in [7, 11) is 0. The molecule has 1 fully saturated rings. The number of hydrogen-bond donors (Lipinski definition) is 0. The van der Waals surface area contributed by atoms with Crippen molar-refractivity contribution < 1.29 is 9.53 Å². The van der Waals surface area contributed by atoms with E-state index in [1.807, 2.05) is 49.7 Å². The number of nitrogens with zero attached hydrogens (tertiary/aromatic N) is 4. The number of benzene rings is 1. The van der Waals surface area contributed by atoms with Crippen LogP contribution in [0.3, 0.4) is 0 Å². The average molecular weight is 507 g/mol. The Morgan fingerprint density at radius 3 is 2.67 bits per heavy atom. The zero-order chi connectivity index (χ0) is 23.6. The Bertz CT molecular complexity index is 1140. The van der Waals surface area contributed by atoms with Crippen LogP contribution in [0.25, 0.3) is 5.65 Å². The van der Waals surface area contributed by atoms with E-state index in [-0.39, 0.29) is 5.97 Å². The van der Waals surface area contributed by atoms with Crippen LogP contribution >= 0.6 is 35.0 Å². The molecule has 33 heavy (non-hydrogen) atoms. The number of carbonyl (C=O) groups is 1. The van der Waals surface area contributed by atoms with Gasteiger partial charge >= 0.3 is 5.97 Å². The number of piperidine rings is 1. The van der Waals surface area contributed by atoms with Gasteiger partial charge in [-0.2, -0.15) is 0 Å². The summed E-state index contributed by atoms with van der Waals surface area (Å²) in [5, 5.41) is 1.06. The van der Waals surface area contributed by atoms with E-state index < -0.39 is 5.60 Å². The third kappa shape index (κ3) is 5.94. The number of ether oxygens (including phenoxy) is 1. The number of anilines is 1. The molecule has 0 radical (unpaired) electrons. The molecule has 1 saturated heterocycles. The molecule has 1 aromatic carbocycles. The molecule has 0 aliphatic carbocycles. The maximum Gasteiger partial charge on any atom is 0.306 e. The van der Waals surface area contributed by atoms with Crippen molar-refractivity contribution in [1.29, 1.82) is 0 Å². The molecular formula is C24H28Cl2N4O2S. The van der Waals surface area contributed by atoms with Gasteiger partial charge in [0, 0.05) is 43.0 Å². The number of esters is 1. The lowest BCUT2D eigenvalue weighted by molar-refractivity contribution is -0.155. The third-order valence-electron chi connectivity index (χ3n) is 5.58. The number of imidazole rings is 1. The number of fused-ring (bicyclic) bond motifs is 1. The average Bonchev–Trinajstić information content (AvgIpc) is 3.25. The molecule has 0 N–H and O–H groups in total. The van der Waals surface area contributed by atoms with Gasteiger partial charge in [-0.3, -0.25) is 9.20 Å². The van der Waals surface area contributed by atoms with Gasteiger partial charge in [0.1, 0.15) is 5.60 Å². The van der Waals surface area contributed by atoms with Crippen LogP contribution in [0.4, 0.5) is 5.95 Å². The summed E-state index contributed by atoms with van der Waals surface area (Å²) in [5.74, 6) is 1.29. The quantitative estimate of drug-likeness (QED) is 0.354. The van der Waals surface area contributed by atoms with Crippen molar-refractivity contribution in [1.82, 2.24) is 14.4 Å². The molecule has 3 heterocycles. The molecule has 0 bridgehead atoms. The van der Waals surface area contributed by atoms with E-state index in [0.29, 0.717) is 22.4 Å². The highest BCUT2D eigenvalue weighted by Gasteiger charge is 2.24. The molecule has 0 spiro atoms. The lowest BCUT2D eigenvalue weighted by Gasteiger charge is -2.33. The largest absolute Gasteiger partial charge is 0.460 e. The van der Waals surface area contributed by atoms with E-state index in [9.17, 15) is 4.79 Å². The second kappa shape index (κ2) is 10.1. The van der Waals surface area contributed by atoms with E-state index in [2.05, 4.69) is 9.88 Å². The first-order chi connectivity index (χ1) is 15.7. The molecular weight excluding hydrogens is 479 g/mol. The molecule has 3 aromatic rings. The summed E-state index contributed by atoms with van der Waals surface area (Å²) in [6.07, 6.45) is 8.98. The van der Waals surface area contributed by atoms with Gasteiger partial charge in [-0.15, -0.1) is 0 Å². The Morgan fingerprint density at radius 1 is 1.18 bits per heavy atom. The summed E-state index contributed by atoms with van der Waals surface area (Å²) in [6.45, 7) is 7.50. The minimum atomic E-state index is -0.426. The molecule has 4 rings (SSSR count). The van der Waals surface area contributed by atoms with Crippen LogP contribution in [0.2, 0.25) is 10.0 Å². The van der Waals surface area contributed by atoms with E-state index in [0.717, 1.165) is 53.7 Å². The SMILES string of the molecule is CC(C)(C)OC(=O)CCC1CCN(c2ncc(Sc3cccc(Cl)c3Cl)c3nccn23)CC1. The summed E-state index contributed by atoms with van der Waals surface area (Å²) in [5.41, 5.74) is 0.415. The summed E-state index contributed by atoms with van der Waals surface area (Å²) in [4.78, 5) is 25.4. The minimum Gasteiger partial charge on any atom is -0.460 e. The normalized spacial score (nSPS) is 15.2. The van der Waals surface area contributed by atoms with Crippen LogP contribution in [-0.4, -0.2) is 39.0 Å². The summed E-state index contributed by atoms with van der Waals surface area (Å²) in [6, 6.07) is 5.60. The molecule has 0 amide bonds. The molecule has 0 atom stereocenters. The first-order valence-electron chi connectivity index (χ1n) is 11.1. The van der Waals surface area contributed by atoms with Gasteiger partial charge in [-0.1, -0.05) is 41.0 Å². The molecule has 6 nitrogen and oxygen atoms in total. The lowest BCUT2D eigenvalue weighted by Crippen LogP contribution is -2.35. The number of carbonyl (C=O) groups excluding carboxylic acids is 1. The van der Waals surface area contributed by atoms with Gasteiger partial charge in [0.25, 0.3) is 0 Å². The van der Waals surface area contributed by atoms with Crippen molar-refractivity contribution in [3.8, 4) is 0 Å². The topological polar surface area (TPSA) is 59.7 Å². The number of hydrogen-bond acceptors (Lipinski definition) is 6. The van der Waals surface area contributed by atoms with Crippen LogP contribution in [0.15, 0.2) is 46.6 Å². The van der Waals surface area contributed by atoms with Gasteiger partial charge in [0.05, 0.1) is 14.9 Å². The fourth-order valence-electron chi connectivity index (χ4n) is 4.01. The summed E-state index contributed by atoms with van der Waals surface area (Å²) < 4.78 is 7.47. The van der Waals surface area contributed by atoms with Gasteiger partial charge < -0.3 is 9.64 Å². The Hall–Kier alpha value is -1.96. The zero-order valence-corrected chi connectivity index (χ0v) is 21.4. The number of aromatic nitrogens is 3. The molecule has 2 aromatic heterocycles. The summed E-state index contributed by atoms with van der Waals surface area (Å²) >= 11 is 14.1. The highest BCUT2D eigenvalue weighted by molar-refractivity contribution is 7.99. The monoisotopic (exact) mass is 506 g/mol. The van der Waals surface area contributed by atoms with Crippen molar-refractivity contribution in [2.75, 3.05) is 18.0 Å². The van der Waals surface area contributed by atoms with Gasteiger partial charge in [0.2, 0.25) is 5.95 Å². The predicted molar refractivity (Wildman–Crippen MR) is 134 cm³/mol. The minimum absolute atomic E-state index is 0.111. The second-order valence-electron chi connectivity index (χ2n) is 9.25. The van der Waals surface area contributed by atoms with E-state index >= 15 is 0 Å². The molecule has 1 aliphatic heterocycles. The van der Waals surface area contributed by atoms with Crippen LogP contribution in [0, 0.1) is 5.92 Å². The maximum absolute atomic E-state index is 12.0. The molecule has 9 heteroatoms. The van der Waals surface area contributed by atoms with Crippen molar-refractivity contribution >= 4 is 52.5 Å². The Balaban J connectivity index is 1.41. The van der Waals surface area contributed by atoms with E-state index in [1.54, 1.807) is 12.3 Å². The van der Waals surface area contributed by atoms with Crippen LogP contribution in [0.5, 0.6) is 0 Å². The Kier molecular flexibility index (Phi) is 7.41. The first kappa shape index (κ1) is 24.2.